The first-order chi connectivity index (χ1) is 28.2. The smallest absolute Gasteiger partial charge is 0.187 e. The van der Waals surface area contributed by atoms with Gasteiger partial charge in [-0.05, 0) is 86.0 Å². The number of hydrogen-bond donors (Lipinski definition) is 0. The van der Waals surface area contributed by atoms with Crippen molar-refractivity contribution in [3.8, 4) is 67.3 Å². The summed E-state index contributed by atoms with van der Waals surface area (Å²) in [4.78, 5) is 14.1. The van der Waals surface area contributed by atoms with Crippen molar-refractivity contribution in [2.45, 2.75) is 5.41 Å². The highest BCUT2D eigenvalue weighted by atomic mass is 14.9. The Kier molecular flexibility index (Phi) is 8.43. The standard InChI is InChI=1S/C54H35N3/c1-55-46-29-31-49-48(35-46)47-30-28-41(34-50(47)54(49,44-24-10-4-11-25-44)45-26-12-5-13-27-45)40-21-15-23-43(33-40)52-36-51(56-53(57-52)38-18-8-3-9-19-38)42-22-14-20-39(32-42)37-16-6-2-7-17-37/h2-36H. The number of benzene rings is 8. The zero-order valence-electron chi connectivity index (χ0n) is 31.0. The molecule has 0 saturated carbocycles. The second-order valence-corrected chi connectivity index (χ2v) is 14.4. The van der Waals surface area contributed by atoms with Crippen LogP contribution in [0.25, 0.3) is 72.1 Å². The molecule has 0 saturated heterocycles. The topological polar surface area (TPSA) is 30.1 Å². The lowest BCUT2D eigenvalue weighted by Gasteiger charge is -2.34. The molecule has 1 heterocycles. The molecule has 57 heavy (non-hydrogen) atoms. The van der Waals surface area contributed by atoms with E-state index in [0.29, 0.717) is 11.5 Å². The zero-order chi connectivity index (χ0) is 38.2. The number of rotatable bonds is 7. The molecule has 1 aliphatic carbocycles. The molecule has 0 atom stereocenters. The van der Waals surface area contributed by atoms with Gasteiger partial charge in [-0.3, -0.25) is 0 Å². The fourth-order valence-electron chi connectivity index (χ4n) is 8.54. The molecule has 0 radical (unpaired) electrons. The molecular weight excluding hydrogens is 691 g/mol. The van der Waals surface area contributed by atoms with Gasteiger partial charge in [-0.25, -0.2) is 14.8 Å². The molecule has 0 amide bonds. The highest BCUT2D eigenvalue weighted by Gasteiger charge is 2.46. The largest absolute Gasteiger partial charge is 0.238 e. The molecule has 266 valence electrons. The molecule has 8 aromatic carbocycles. The van der Waals surface area contributed by atoms with E-state index in [9.17, 15) is 0 Å². The highest BCUT2D eigenvalue weighted by Crippen LogP contribution is 2.57. The highest BCUT2D eigenvalue weighted by molar-refractivity contribution is 5.90. The molecule has 9 aromatic rings. The van der Waals surface area contributed by atoms with Crippen LogP contribution in [0.5, 0.6) is 0 Å². The van der Waals surface area contributed by atoms with E-state index in [-0.39, 0.29) is 0 Å². The van der Waals surface area contributed by atoms with Gasteiger partial charge in [-0.1, -0.05) is 182 Å². The summed E-state index contributed by atoms with van der Waals surface area (Å²) in [6.07, 6.45) is 0. The first-order valence-corrected chi connectivity index (χ1v) is 19.2. The minimum absolute atomic E-state index is 0.568. The van der Waals surface area contributed by atoms with E-state index in [0.717, 1.165) is 61.5 Å². The van der Waals surface area contributed by atoms with E-state index < -0.39 is 5.41 Å². The summed E-state index contributed by atoms with van der Waals surface area (Å²) in [5, 5.41) is 0. The van der Waals surface area contributed by atoms with Gasteiger partial charge >= 0.3 is 0 Å². The number of fused-ring (bicyclic) bond motifs is 3. The SMILES string of the molecule is [C-]#[N+]c1ccc2c(c1)-c1ccc(-c3cccc(-c4cc(-c5cccc(-c6ccccc6)c5)nc(-c5ccccc5)n4)c3)cc1C2(c1ccccc1)c1ccccc1. The summed E-state index contributed by atoms with van der Waals surface area (Å²) in [5.41, 5.74) is 16.3. The maximum Gasteiger partial charge on any atom is 0.187 e. The molecular formula is C54H35N3. The normalized spacial score (nSPS) is 12.3. The first kappa shape index (κ1) is 33.9. The Hall–Kier alpha value is -7.67. The van der Waals surface area contributed by atoms with E-state index in [4.69, 9.17) is 16.5 Å². The third kappa shape index (κ3) is 5.92. The van der Waals surface area contributed by atoms with Gasteiger partial charge in [0, 0.05) is 16.7 Å². The molecule has 0 unspecified atom stereocenters. The Balaban J connectivity index is 1.13. The van der Waals surface area contributed by atoms with Gasteiger partial charge in [-0.2, -0.15) is 0 Å². The van der Waals surface area contributed by atoms with Gasteiger partial charge in [0.1, 0.15) is 0 Å². The van der Waals surface area contributed by atoms with E-state index in [1.807, 2.05) is 30.3 Å². The van der Waals surface area contributed by atoms with E-state index in [1.165, 1.54) is 22.3 Å². The Bertz CT molecular complexity index is 2910. The molecule has 0 spiro atoms. The van der Waals surface area contributed by atoms with Crippen LogP contribution in [0.3, 0.4) is 0 Å². The molecule has 10 rings (SSSR count). The van der Waals surface area contributed by atoms with Crippen molar-refractivity contribution in [1.29, 1.82) is 0 Å². The van der Waals surface area contributed by atoms with Gasteiger partial charge in [0.25, 0.3) is 0 Å². The van der Waals surface area contributed by atoms with Gasteiger partial charge in [0.2, 0.25) is 0 Å². The van der Waals surface area contributed by atoms with Crippen molar-refractivity contribution in [3.63, 3.8) is 0 Å². The Labute approximate surface area is 333 Å². The predicted molar refractivity (Wildman–Crippen MR) is 233 cm³/mol. The van der Waals surface area contributed by atoms with Crippen LogP contribution in [0.4, 0.5) is 5.69 Å². The summed E-state index contributed by atoms with van der Waals surface area (Å²) >= 11 is 0. The van der Waals surface area contributed by atoms with Gasteiger partial charge in [0.15, 0.2) is 11.5 Å². The van der Waals surface area contributed by atoms with Crippen LogP contribution in [0.15, 0.2) is 212 Å². The second kappa shape index (κ2) is 14.2. The molecule has 3 heteroatoms. The van der Waals surface area contributed by atoms with Crippen LogP contribution in [0, 0.1) is 6.57 Å². The quantitative estimate of drug-likeness (QED) is 0.153. The molecule has 3 nitrogen and oxygen atoms in total. The zero-order valence-corrected chi connectivity index (χ0v) is 31.0. The third-order valence-corrected chi connectivity index (χ3v) is 11.2. The van der Waals surface area contributed by atoms with Crippen molar-refractivity contribution in [2.24, 2.45) is 0 Å². The fourth-order valence-corrected chi connectivity index (χ4v) is 8.54. The Morgan fingerprint density at radius 3 is 1.42 bits per heavy atom. The summed E-state index contributed by atoms with van der Waals surface area (Å²) in [7, 11) is 0. The summed E-state index contributed by atoms with van der Waals surface area (Å²) in [6.45, 7) is 7.84. The predicted octanol–water partition coefficient (Wildman–Crippen LogP) is 13.7. The van der Waals surface area contributed by atoms with Crippen LogP contribution in [-0.2, 0) is 5.41 Å². The van der Waals surface area contributed by atoms with Crippen molar-refractivity contribution in [1.82, 2.24) is 9.97 Å². The summed E-state index contributed by atoms with van der Waals surface area (Å²) < 4.78 is 0. The lowest BCUT2D eigenvalue weighted by molar-refractivity contribution is 0.769. The maximum atomic E-state index is 7.84. The number of nitrogens with zero attached hydrogens (tertiary/aromatic N) is 3. The number of hydrogen-bond acceptors (Lipinski definition) is 2. The molecule has 0 N–H and O–H groups in total. The number of aromatic nitrogens is 2. The summed E-state index contributed by atoms with van der Waals surface area (Å²) in [5.74, 6) is 0.684. The third-order valence-electron chi connectivity index (χ3n) is 11.2. The van der Waals surface area contributed by atoms with Crippen molar-refractivity contribution < 1.29 is 0 Å². The average Bonchev–Trinajstić information content (AvgIpc) is 3.59. The second-order valence-electron chi connectivity index (χ2n) is 14.4. The Morgan fingerprint density at radius 1 is 0.351 bits per heavy atom. The van der Waals surface area contributed by atoms with Crippen molar-refractivity contribution in [3.05, 3.63) is 246 Å². The van der Waals surface area contributed by atoms with Crippen LogP contribution in [0.2, 0.25) is 0 Å². The maximum absolute atomic E-state index is 7.84. The van der Waals surface area contributed by atoms with Crippen molar-refractivity contribution in [2.75, 3.05) is 0 Å². The lowest BCUT2D eigenvalue weighted by atomic mass is 9.67. The van der Waals surface area contributed by atoms with Gasteiger partial charge in [0.05, 0.1) is 23.4 Å². The van der Waals surface area contributed by atoms with Crippen LogP contribution in [0.1, 0.15) is 22.3 Å². The monoisotopic (exact) mass is 725 g/mol. The van der Waals surface area contributed by atoms with E-state index in [1.54, 1.807) is 0 Å². The summed E-state index contributed by atoms with van der Waals surface area (Å²) in [6, 6.07) is 74.6. The molecule has 0 bridgehead atoms. The first-order valence-electron chi connectivity index (χ1n) is 19.2. The van der Waals surface area contributed by atoms with Crippen LogP contribution >= 0.6 is 0 Å². The molecule has 0 fully saturated rings. The van der Waals surface area contributed by atoms with Crippen LogP contribution < -0.4 is 0 Å². The minimum Gasteiger partial charge on any atom is -0.238 e. The fraction of sp³-hybridized carbons (Fsp3) is 0.0185. The van der Waals surface area contributed by atoms with E-state index in [2.05, 4.69) is 187 Å². The lowest BCUT2D eigenvalue weighted by Crippen LogP contribution is -2.28. The molecule has 0 aliphatic heterocycles. The average molecular weight is 726 g/mol. The van der Waals surface area contributed by atoms with Crippen LogP contribution in [-0.4, -0.2) is 9.97 Å². The van der Waals surface area contributed by atoms with Crippen molar-refractivity contribution >= 4 is 5.69 Å². The minimum atomic E-state index is -0.568. The van der Waals surface area contributed by atoms with Gasteiger partial charge < -0.3 is 0 Å². The molecule has 1 aromatic heterocycles. The Morgan fingerprint density at radius 2 is 0.842 bits per heavy atom. The van der Waals surface area contributed by atoms with E-state index >= 15 is 0 Å². The van der Waals surface area contributed by atoms with Gasteiger partial charge in [-0.15, -0.1) is 0 Å². The molecule has 1 aliphatic rings.